The van der Waals surface area contributed by atoms with E-state index in [1.165, 1.54) is 0 Å². The van der Waals surface area contributed by atoms with E-state index in [-0.39, 0.29) is 5.41 Å². The number of hydrogen-bond acceptors (Lipinski definition) is 2. The second-order valence-electron chi connectivity index (χ2n) is 4.70. The standard InChI is InChI=1S/C14H16N2/c1-14(2)10-6-9-13(11-14)16-15-12-7-4-3-5-8-12/h3-9,11H,10H2,1-2H3. The highest BCUT2D eigenvalue weighted by molar-refractivity contribution is 5.35. The first kappa shape index (κ1) is 10.8. The van der Waals surface area contributed by atoms with Crippen LogP contribution in [0, 0.1) is 5.41 Å². The van der Waals surface area contributed by atoms with Crippen LogP contribution in [0.4, 0.5) is 5.69 Å². The molecule has 0 aromatic heterocycles. The van der Waals surface area contributed by atoms with Crippen molar-refractivity contribution in [2.45, 2.75) is 20.3 Å². The Labute approximate surface area is 96.4 Å². The fourth-order valence-corrected chi connectivity index (χ4v) is 1.66. The van der Waals surface area contributed by atoms with E-state index in [1.807, 2.05) is 36.4 Å². The zero-order valence-electron chi connectivity index (χ0n) is 9.72. The van der Waals surface area contributed by atoms with Gasteiger partial charge in [-0.1, -0.05) is 44.2 Å². The lowest BCUT2D eigenvalue weighted by atomic mass is 9.85. The van der Waals surface area contributed by atoms with Crippen molar-refractivity contribution in [3.8, 4) is 0 Å². The molecule has 2 rings (SSSR count). The van der Waals surface area contributed by atoms with Crippen LogP contribution in [0.5, 0.6) is 0 Å². The summed E-state index contributed by atoms with van der Waals surface area (Å²) >= 11 is 0. The van der Waals surface area contributed by atoms with Crippen LogP contribution in [0.25, 0.3) is 0 Å². The average Bonchev–Trinajstić information content (AvgIpc) is 2.27. The summed E-state index contributed by atoms with van der Waals surface area (Å²) in [5, 5.41) is 8.45. The summed E-state index contributed by atoms with van der Waals surface area (Å²) in [4.78, 5) is 0. The zero-order valence-corrected chi connectivity index (χ0v) is 9.72. The Bertz CT molecular complexity index is 439. The normalized spacial score (nSPS) is 18.8. The van der Waals surface area contributed by atoms with Crippen LogP contribution in [0.2, 0.25) is 0 Å². The molecule has 0 fully saturated rings. The van der Waals surface area contributed by atoms with Gasteiger partial charge in [0.2, 0.25) is 0 Å². The van der Waals surface area contributed by atoms with Gasteiger partial charge in [-0.05, 0) is 30.0 Å². The second-order valence-corrected chi connectivity index (χ2v) is 4.70. The Morgan fingerprint density at radius 3 is 2.50 bits per heavy atom. The van der Waals surface area contributed by atoms with Gasteiger partial charge in [0.25, 0.3) is 0 Å². The Kier molecular flexibility index (Phi) is 3.00. The highest BCUT2D eigenvalue weighted by Gasteiger charge is 2.16. The van der Waals surface area contributed by atoms with Crippen LogP contribution in [-0.4, -0.2) is 0 Å². The van der Waals surface area contributed by atoms with Gasteiger partial charge in [0.1, 0.15) is 0 Å². The molecular formula is C14H16N2. The molecule has 0 heterocycles. The molecule has 1 aliphatic carbocycles. The number of benzene rings is 1. The Balaban J connectivity index is 2.14. The van der Waals surface area contributed by atoms with Crippen molar-refractivity contribution in [2.75, 3.05) is 0 Å². The van der Waals surface area contributed by atoms with Crippen LogP contribution in [0.15, 0.2) is 64.5 Å². The van der Waals surface area contributed by atoms with E-state index in [0.717, 1.165) is 17.8 Å². The molecule has 0 aliphatic heterocycles. The third-order valence-electron chi connectivity index (χ3n) is 2.51. The topological polar surface area (TPSA) is 24.7 Å². The minimum absolute atomic E-state index is 0.194. The Hall–Kier alpha value is -1.70. The fraction of sp³-hybridized carbons (Fsp3) is 0.286. The van der Waals surface area contributed by atoms with E-state index in [0.29, 0.717) is 0 Å². The molecule has 1 aromatic carbocycles. The third kappa shape index (κ3) is 2.89. The lowest BCUT2D eigenvalue weighted by Gasteiger charge is -2.21. The summed E-state index contributed by atoms with van der Waals surface area (Å²) in [6.07, 6.45) is 7.41. The summed E-state index contributed by atoms with van der Waals surface area (Å²) in [5.41, 5.74) is 2.03. The first-order chi connectivity index (χ1) is 7.66. The highest BCUT2D eigenvalue weighted by atomic mass is 15.1. The molecule has 0 spiro atoms. The van der Waals surface area contributed by atoms with Gasteiger partial charge in [0.05, 0.1) is 11.4 Å². The van der Waals surface area contributed by atoms with Crippen LogP contribution < -0.4 is 0 Å². The first-order valence-corrected chi connectivity index (χ1v) is 5.52. The summed E-state index contributed by atoms with van der Waals surface area (Å²) in [5.74, 6) is 0. The molecule has 2 nitrogen and oxygen atoms in total. The molecule has 0 N–H and O–H groups in total. The highest BCUT2D eigenvalue weighted by Crippen LogP contribution is 2.29. The molecule has 16 heavy (non-hydrogen) atoms. The van der Waals surface area contributed by atoms with E-state index in [1.54, 1.807) is 0 Å². The maximum atomic E-state index is 4.25. The minimum Gasteiger partial charge on any atom is -0.151 e. The molecule has 0 unspecified atom stereocenters. The monoisotopic (exact) mass is 212 g/mol. The van der Waals surface area contributed by atoms with Gasteiger partial charge >= 0.3 is 0 Å². The number of hydrogen-bond donors (Lipinski definition) is 0. The van der Waals surface area contributed by atoms with Gasteiger partial charge in [0, 0.05) is 0 Å². The van der Waals surface area contributed by atoms with Gasteiger partial charge in [-0.15, -0.1) is 0 Å². The van der Waals surface area contributed by atoms with Gasteiger partial charge in [-0.2, -0.15) is 10.2 Å². The van der Waals surface area contributed by atoms with Gasteiger partial charge in [-0.3, -0.25) is 0 Å². The Morgan fingerprint density at radius 2 is 1.81 bits per heavy atom. The summed E-state index contributed by atoms with van der Waals surface area (Å²) in [6, 6.07) is 9.79. The van der Waals surface area contributed by atoms with Crippen molar-refractivity contribution in [3.63, 3.8) is 0 Å². The van der Waals surface area contributed by atoms with Crippen molar-refractivity contribution >= 4 is 5.69 Å². The maximum Gasteiger partial charge on any atom is 0.0857 e. The number of nitrogens with zero attached hydrogens (tertiary/aromatic N) is 2. The van der Waals surface area contributed by atoms with Crippen LogP contribution in [0.1, 0.15) is 20.3 Å². The smallest absolute Gasteiger partial charge is 0.0857 e. The summed E-state index contributed by atoms with van der Waals surface area (Å²) < 4.78 is 0. The molecule has 0 amide bonds. The largest absolute Gasteiger partial charge is 0.151 e. The maximum absolute atomic E-state index is 4.25. The second kappa shape index (κ2) is 4.44. The minimum atomic E-state index is 0.194. The molecule has 82 valence electrons. The molecular weight excluding hydrogens is 196 g/mol. The van der Waals surface area contributed by atoms with Crippen molar-refractivity contribution in [3.05, 3.63) is 54.3 Å². The number of azo groups is 1. The van der Waals surface area contributed by atoms with Crippen LogP contribution in [0.3, 0.4) is 0 Å². The zero-order chi connectivity index (χ0) is 11.4. The molecule has 1 aromatic rings. The summed E-state index contributed by atoms with van der Waals surface area (Å²) in [6.45, 7) is 4.41. The van der Waals surface area contributed by atoms with E-state index >= 15 is 0 Å². The predicted octanol–water partition coefficient (Wildman–Crippen LogP) is 4.64. The molecule has 0 radical (unpaired) electrons. The molecule has 0 bridgehead atoms. The predicted molar refractivity (Wildman–Crippen MR) is 66.6 cm³/mol. The lowest BCUT2D eigenvalue weighted by molar-refractivity contribution is 0.479. The van der Waals surface area contributed by atoms with Crippen molar-refractivity contribution < 1.29 is 0 Å². The van der Waals surface area contributed by atoms with Gasteiger partial charge in [0.15, 0.2) is 0 Å². The number of allylic oxidation sites excluding steroid dienone is 3. The molecule has 0 saturated heterocycles. The average molecular weight is 212 g/mol. The molecule has 0 atom stereocenters. The van der Waals surface area contributed by atoms with Crippen molar-refractivity contribution in [1.82, 2.24) is 0 Å². The third-order valence-corrected chi connectivity index (χ3v) is 2.51. The van der Waals surface area contributed by atoms with Gasteiger partial charge in [-0.25, -0.2) is 0 Å². The first-order valence-electron chi connectivity index (χ1n) is 5.52. The van der Waals surface area contributed by atoms with E-state index in [9.17, 15) is 0 Å². The van der Waals surface area contributed by atoms with Crippen molar-refractivity contribution in [1.29, 1.82) is 0 Å². The molecule has 1 aliphatic rings. The quantitative estimate of drug-likeness (QED) is 0.638. The van der Waals surface area contributed by atoms with E-state index in [4.69, 9.17) is 0 Å². The van der Waals surface area contributed by atoms with Crippen LogP contribution >= 0.6 is 0 Å². The molecule has 2 heteroatoms. The SMILES string of the molecule is CC1(C)C=C(N=Nc2ccccc2)C=CC1. The number of rotatable bonds is 2. The van der Waals surface area contributed by atoms with Crippen molar-refractivity contribution in [2.24, 2.45) is 15.6 Å². The van der Waals surface area contributed by atoms with E-state index in [2.05, 4.69) is 36.2 Å². The van der Waals surface area contributed by atoms with E-state index < -0.39 is 0 Å². The van der Waals surface area contributed by atoms with Gasteiger partial charge < -0.3 is 0 Å². The lowest BCUT2D eigenvalue weighted by Crippen LogP contribution is -2.08. The van der Waals surface area contributed by atoms with Crippen LogP contribution in [-0.2, 0) is 0 Å². The molecule has 0 saturated carbocycles. The summed E-state index contributed by atoms with van der Waals surface area (Å²) in [7, 11) is 0. The fourth-order valence-electron chi connectivity index (χ4n) is 1.66. The Morgan fingerprint density at radius 1 is 1.06 bits per heavy atom.